The number of benzene rings is 2. The zero-order valence-corrected chi connectivity index (χ0v) is 12.6. The molecule has 0 saturated carbocycles. The summed E-state index contributed by atoms with van der Waals surface area (Å²) in [5.41, 5.74) is 5.63. The van der Waals surface area contributed by atoms with Crippen molar-refractivity contribution in [1.82, 2.24) is 5.32 Å². The zero-order valence-electron chi connectivity index (χ0n) is 12.6. The van der Waals surface area contributed by atoms with E-state index in [1.54, 1.807) is 12.1 Å². The molecule has 0 radical (unpaired) electrons. The predicted octanol–water partition coefficient (Wildman–Crippen LogP) is 4.45. The van der Waals surface area contributed by atoms with Crippen LogP contribution in [0.3, 0.4) is 0 Å². The van der Waals surface area contributed by atoms with E-state index in [-0.39, 0.29) is 11.9 Å². The van der Waals surface area contributed by atoms with Crippen molar-refractivity contribution in [2.75, 3.05) is 6.54 Å². The molecular weight excluding hydrogens is 249 g/mol. The van der Waals surface area contributed by atoms with Gasteiger partial charge in [-0.2, -0.15) is 0 Å². The van der Waals surface area contributed by atoms with Crippen molar-refractivity contribution in [3.8, 4) is 0 Å². The Kier molecular flexibility index (Phi) is 4.56. The first-order valence-corrected chi connectivity index (χ1v) is 7.09. The molecule has 2 aromatic carbocycles. The van der Waals surface area contributed by atoms with Gasteiger partial charge in [-0.25, -0.2) is 4.39 Å². The van der Waals surface area contributed by atoms with Gasteiger partial charge in [0.25, 0.3) is 0 Å². The highest BCUT2D eigenvalue weighted by atomic mass is 19.1. The van der Waals surface area contributed by atoms with Crippen molar-refractivity contribution in [1.29, 1.82) is 0 Å². The van der Waals surface area contributed by atoms with E-state index in [1.165, 1.54) is 16.7 Å². The molecule has 2 rings (SSSR count). The molecule has 106 valence electrons. The van der Waals surface area contributed by atoms with Gasteiger partial charge < -0.3 is 5.32 Å². The molecule has 0 aliphatic rings. The van der Waals surface area contributed by atoms with Gasteiger partial charge in [-0.05, 0) is 61.7 Å². The molecule has 1 N–H and O–H groups in total. The normalized spacial score (nSPS) is 12.4. The quantitative estimate of drug-likeness (QED) is 0.866. The Hall–Kier alpha value is -1.67. The summed E-state index contributed by atoms with van der Waals surface area (Å²) in [5, 5.41) is 3.51. The van der Waals surface area contributed by atoms with Gasteiger partial charge in [-0.3, -0.25) is 0 Å². The van der Waals surface area contributed by atoms with E-state index in [2.05, 4.69) is 43.4 Å². The molecule has 0 fully saturated rings. The fourth-order valence-corrected chi connectivity index (χ4v) is 2.73. The SMILES string of the molecule is CCNC(c1ccc(C)cc1)c1c(C)cc(F)cc1C. The average Bonchev–Trinajstić information content (AvgIpc) is 2.37. The van der Waals surface area contributed by atoms with Crippen molar-refractivity contribution in [2.24, 2.45) is 0 Å². The van der Waals surface area contributed by atoms with Gasteiger partial charge in [-0.1, -0.05) is 36.8 Å². The molecule has 0 aliphatic heterocycles. The lowest BCUT2D eigenvalue weighted by molar-refractivity contribution is 0.606. The Labute approximate surface area is 120 Å². The highest BCUT2D eigenvalue weighted by molar-refractivity contribution is 5.42. The molecular formula is C18H22FN. The van der Waals surface area contributed by atoms with Crippen LogP contribution in [0, 0.1) is 26.6 Å². The summed E-state index contributed by atoms with van der Waals surface area (Å²) >= 11 is 0. The highest BCUT2D eigenvalue weighted by Crippen LogP contribution is 2.28. The summed E-state index contributed by atoms with van der Waals surface area (Å²) in [5.74, 6) is -0.164. The Bertz CT molecular complexity index is 564. The van der Waals surface area contributed by atoms with Gasteiger partial charge in [0.2, 0.25) is 0 Å². The van der Waals surface area contributed by atoms with E-state index < -0.39 is 0 Å². The minimum absolute atomic E-state index is 0.112. The van der Waals surface area contributed by atoms with Gasteiger partial charge in [0.05, 0.1) is 6.04 Å². The van der Waals surface area contributed by atoms with Gasteiger partial charge in [0, 0.05) is 0 Å². The number of nitrogens with one attached hydrogen (secondary N) is 1. The van der Waals surface area contributed by atoms with E-state index in [0.29, 0.717) is 0 Å². The smallest absolute Gasteiger partial charge is 0.123 e. The van der Waals surface area contributed by atoms with E-state index >= 15 is 0 Å². The molecule has 0 bridgehead atoms. The molecule has 1 nitrogen and oxygen atoms in total. The summed E-state index contributed by atoms with van der Waals surface area (Å²) in [6, 6.07) is 11.9. The van der Waals surface area contributed by atoms with Crippen LogP contribution in [0.25, 0.3) is 0 Å². The third-order valence-corrected chi connectivity index (χ3v) is 3.67. The first kappa shape index (κ1) is 14.7. The fraction of sp³-hybridized carbons (Fsp3) is 0.333. The summed E-state index contributed by atoms with van der Waals surface area (Å²) < 4.78 is 13.5. The Morgan fingerprint density at radius 1 is 1.00 bits per heavy atom. The van der Waals surface area contributed by atoms with Gasteiger partial charge in [0.1, 0.15) is 5.82 Å². The topological polar surface area (TPSA) is 12.0 Å². The number of hydrogen-bond donors (Lipinski definition) is 1. The van der Waals surface area contributed by atoms with E-state index in [1.807, 2.05) is 13.8 Å². The largest absolute Gasteiger partial charge is 0.307 e. The van der Waals surface area contributed by atoms with Crippen LogP contribution in [-0.4, -0.2) is 6.54 Å². The second kappa shape index (κ2) is 6.19. The van der Waals surface area contributed by atoms with Crippen molar-refractivity contribution in [2.45, 2.75) is 33.7 Å². The van der Waals surface area contributed by atoms with E-state index in [4.69, 9.17) is 0 Å². The van der Waals surface area contributed by atoms with Crippen LogP contribution in [0.1, 0.15) is 40.8 Å². The standard InChI is InChI=1S/C18H22FN/c1-5-20-18(15-8-6-12(2)7-9-15)17-13(3)10-16(19)11-14(17)4/h6-11,18,20H,5H2,1-4H3. The molecule has 0 spiro atoms. The molecule has 0 heterocycles. The van der Waals surface area contributed by atoms with E-state index in [0.717, 1.165) is 17.7 Å². The van der Waals surface area contributed by atoms with Crippen LogP contribution < -0.4 is 5.32 Å². The van der Waals surface area contributed by atoms with E-state index in [9.17, 15) is 4.39 Å². The third kappa shape index (κ3) is 3.07. The average molecular weight is 271 g/mol. The first-order valence-electron chi connectivity index (χ1n) is 7.09. The van der Waals surface area contributed by atoms with Gasteiger partial charge in [-0.15, -0.1) is 0 Å². The molecule has 1 atom stereocenters. The highest BCUT2D eigenvalue weighted by Gasteiger charge is 2.18. The number of halogens is 1. The molecule has 0 aliphatic carbocycles. The second-order valence-corrected chi connectivity index (χ2v) is 5.35. The zero-order chi connectivity index (χ0) is 14.7. The lowest BCUT2D eigenvalue weighted by atomic mass is 9.90. The van der Waals surface area contributed by atoms with Crippen molar-refractivity contribution in [3.63, 3.8) is 0 Å². The van der Waals surface area contributed by atoms with Gasteiger partial charge in [0.15, 0.2) is 0 Å². The summed E-state index contributed by atoms with van der Waals surface area (Å²) in [6.45, 7) is 9.00. The van der Waals surface area contributed by atoms with Crippen molar-refractivity contribution in [3.05, 3.63) is 70.0 Å². The van der Waals surface area contributed by atoms with Crippen LogP contribution >= 0.6 is 0 Å². The van der Waals surface area contributed by atoms with Crippen molar-refractivity contribution < 1.29 is 4.39 Å². The lowest BCUT2D eigenvalue weighted by Gasteiger charge is -2.23. The monoisotopic (exact) mass is 271 g/mol. The predicted molar refractivity (Wildman–Crippen MR) is 82.6 cm³/mol. The molecule has 0 aromatic heterocycles. The van der Waals surface area contributed by atoms with Crippen LogP contribution in [0.5, 0.6) is 0 Å². The number of aryl methyl sites for hydroxylation is 3. The molecule has 2 heteroatoms. The van der Waals surface area contributed by atoms with Gasteiger partial charge >= 0.3 is 0 Å². The Balaban J connectivity index is 2.51. The molecule has 0 saturated heterocycles. The molecule has 2 aromatic rings. The number of rotatable bonds is 4. The summed E-state index contributed by atoms with van der Waals surface area (Å²) in [4.78, 5) is 0. The molecule has 0 amide bonds. The number of hydrogen-bond acceptors (Lipinski definition) is 1. The second-order valence-electron chi connectivity index (χ2n) is 5.35. The maximum absolute atomic E-state index is 13.5. The van der Waals surface area contributed by atoms with Crippen LogP contribution in [0.2, 0.25) is 0 Å². The fourth-order valence-electron chi connectivity index (χ4n) is 2.73. The third-order valence-electron chi connectivity index (χ3n) is 3.67. The summed E-state index contributed by atoms with van der Waals surface area (Å²) in [6.07, 6.45) is 0. The molecule has 1 unspecified atom stereocenters. The van der Waals surface area contributed by atoms with Crippen LogP contribution in [0.4, 0.5) is 4.39 Å². The van der Waals surface area contributed by atoms with Crippen molar-refractivity contribution >= 4 is 0 Å². The Morgan fingerprint density at radius 3 is 2.05 bits per heavy atom. The minimum Gasteiger partial charge on any atom is -0.307 e. The maximum Gasteiger partial charge on any atom is 0.123 e. The Morgan fingerprint density at radius 2 is 1.55 bits per heavy atom. The van der Waals surface area contributed by atoms with Crippen LogP contribution in [-0.2, 0) is 0 Å². The summed E-state index contributed by atoms with van der Waals surface area (Å²) in [7, 11) is 0. The first-order chi connectivity index (χ1) is 9.52. The minimum atomic E-state index is -0.164. The molecule has 20 heavy (non-hydrogen) atoms. The maximum atomic E-state index is 13.5. The van der Waals surface area contributed by atoms with Crippen LogP contribution in [0.15, 0.2) is 36.4 Å². The lowest BCUT2D eigenvalue weighted by Crippen LogP contribution is -2.23.